The average molecular weight is 546 g/mol. The number of aromatic nitrogens is 2. The maximum absolute atomic E-state index is 3.68. The number of aromatic amines is 1. The third kappa shape index (κ3) is 19.8. The van der Waals surface area contributed by atoms with E-state index in [2.05, 4.69) is 49.6 Å². The molecule has 1 N–H and O–H groups in total. The van der Waals surface area contributed by atoms with Gasteiger partial charge in [-0.25, -0.2) is 9.55 Å². The molecule has 0 aromatic carbocycles. The highest BCUT2D eigenvalue weighted by molar-refractivity contribution is 4.90. The molecule has 0 bridgehead atoms. The SMILES string of the molecule is CCCCCCCCCCCCCCCCCCCC(CCCC)c1[nH]cc[n+]1C(C)CCCCCCCC. The van der Waals surface area contributed by atoms with Crippen molar-refractivity contribution in [3.8, 4) is 0 Å². The van der Waals surface area contributed by atoms with Gasteiger partial charge >= 0.3 is 0 Å². The van der Waals surface area contributed by atoms with E-state index >= 15 is 0 Å². The van der Waals surface area contributed by atoms with Crippen LogP contribution in [0.4, 0.5) is 0 Å². The summed E-state index contributed by atoms with van der Waals surface area (Å²) in [6.45, 7) is 9.40. The molecule has 230 valence electrons. The zero-order valence-electron chi connectivity index (χ0n) is 27.6. The summed E-state index contributed by atoms with van der Waals surface area (Å²) in [4.78, 5) is 3.68. The molecule has 0 aliphatic heterocycles. The van der Waals surface area contributed by atoms with Gasteiger partial charge in [0.15, 0.2) is 0 Å². The first-order valence-corrected chi connectivity index (χ1v) is 18.3. The lowest BCUT2D eigenvalue weighted by molar-refractivity contribution is -0.727. The third-order valence-electron chi connectivity index (χ3n) is 9.14. The standard InChI is InChI=1S/C37H72N2/c1-5-8-11-13-15-16-17-18-19-20-21-22-23-24-25-27-29-32-36(31-10-7-3)37-38-33-34-39(37)35(4)30-28-26-14-12-9-6-2/h33-36H,5-32H2,1-4H3/p+1. The van der Waals surface area contributed by atoms with Gasteiger partial charge in [0.2, 0.25) is 0 Å². The third-order valence-corrected chi connectivity index (χ3v) is 9.14. The van der Waals surface area contributed by atoms with Crippen molar-refractivity contribution in [1.82, 2.24) is 4.98 Å². The predicted molar refractivity (Wildman–Crippen MR) is 175 cm³/mol. The Balaban J connectivity index is 2.14. The van der Waals surface area contributed by atoms with E-state index in [-0.39, 0.29) is 0 Å². The summed E-state index contributed by atoms with van der Waals surface area (Å²) in [5.74, 6) is 2.22. The Morgan fingerprint density at radius 3 is 1.28 bits per heavy atom. The van der Waals surface area contributed by atoms with Crippen LogP contribution in [-0.4, -0.2) is 4.98 Å². The van der Waals surface area contributed by atoms with Gasteiger partial charge in [0.05, 0.1) is 12.0 Å². The Kier molecular flexibility index (Phi) is 25.4. The number of hydrogen-bond donors (Lipinski definition) is 1. The predicted octanol–water partition coefficient (Wildman–Crippen LogP) is 12.9. The Labute approximate surface area is 246 Å². The maximum Gasteiger partial charge on any atom is 0.257 e. The minimum Gasteiger partial charge on any atom is -0.247 e. The first kappa shape index (κ1) is 36.2. The van der Waals surface area contributed by atoms with Gasteiger partial charge in [-0.3, -0.25) is 0 Å². The van der Waals surface area contributed by atoms with Crippen molar-refractivity contribution < 1.29 is 4.57 Å². The topological polar surface area (TPSA) is 19.7 Å². The molecule has 0 aliphatic rings. The fraction of sp³-hybridized carbons (Fsp3) is 0.919. The van der Waals surface area contributed by atoms with Crippen LogP contribution in [0.15, 0.2) is 12.4 Å². The van der Waals surface area contributed by atoms with E-state index in [4.69, 9.17) is 0 Å². The number of hydrogen-bond acceptors (Lipinski definition) is 0. The molecule has 1 heterocycles. The van der Waals surface area contributed by atoms with Gasteiger partial charge in [-0.05, 0) is 32.6 Å². The molecule has 0 fully saturated rings. The van der Waals surface area contributed by atoms with Crippen LogP contribution in [0, 0.1) is 0 Å². The first-order chi connectivity index (χ1) is 19.2. The fourth-order valence-corrected chi connectivity index (χ4v) is 6.41. The highest BCUT2D eigenvalue weighted by Gasteiger charge is 2.25. The largest absolute Gasteiger partial charge is 0.257 e. The van der Waals surface area contributed by atoms with E-state index < -0.39 is 0 Å². The molecule has 2 atom stereocenters. The molecule has 0 amide bonds. The second kappa shape index (κ2) is 27.4. The van der Waals surface area contributed by atoms with Crippen LogP contribution < -0.4 is 4.57 Å². The summed E-state index contributed by atoms with van der Waals surface area (Å²) in [7, 11) is 0. The minimum atomic E-state index is 0.622. The molecule has 2 heteroatoms. The molecule has 1 rings (SSSR count). The van der Waals surface area contributed by atoms with Crippen LogP contribution in [0.1, 0.15) is 225 Å². The molecule has 0 saturated heterocycles. The molecule has 39 heavy (non-hydrogen) atoms. The number of unbranched alkanes of at least 4 members (excludes halogenated alkanes) is 22. The molecule has 1 aromatic rings. The van der Waals surface area contributed by atoms with Gasteiger partial charge < -0.3 is 0 Å². The lowest BCUT2D eigenvalue weighted by Gasteiger charge is -2.17. The zero-order valence-corrected chi connectivity index (χ0v) is 27.6. The number of H-pyrrole nitrogens is 1. The second-order valence-electron chi connectivity index (χ2n) is 12.9. The van der Waals surface area contributed by atoms with Crippen LogP contribution in [0.5, 0.6) is 0 Å². The number of imidazole rings is 1. The van der Waals surface area contributed by atoms with Gasteiger partial charge in [-0.1, -0.05) is 175 Å². The average Bonchev–Trinajstić information content (AvgIpc) is 3.44. The number of rotatable bonds is 30. The Morgan fingerprint density at radius 2 is 0.846 bits per heavy atom. The van der Waals surface area contributed by atoms with Crippen molar-refractivity contribution >= 4 is 0 Å². The van der Waals surface area contributed by atoms with Crippen LogP contribution >= 0.6 is 0 Å². The molecule has 0 saturated carbocycles. The van der Waals surface area contributed by atoms with Crippen molar-refractivity contribution in [2.45, 2.75) is 219 Å². The fourth-order valence-electron chi connectivity index (χ4n) is 6.41. The Hall–Kier alpha value is -0.790. The monoisotopic (exact) mass is 546 g/mol. The van der Waals surface area contributed by atoms with E-state index in [9.17, 15) is 0 Å². The summed E-state index contributed by atoms with van der Waals surface area (Å²) in [5.41, 5.74) is 0. The maximum atomic E-state index is 3.68. The number of nitrogens with zero attached hydrogens (tertiary/aromatic N) is 1. The van der Waals surface area contributed by atoms with Crippen molar-refractivity contribution in [1.29, 1.82) is 0 Å². The lowest BCUT2D eigenvalue weighted by Crippen LogP contribution is -2.41. The van der Waals surface area contributed by atoms with Gasteiger partial charge in [0.25, 0.3) is 5.82 Å². The van der Waals surface area contributed by atoms with Gasteiger partial charge in [0, 0.05) is 0 Å². The molecular formula is C37H73N2+. The van der Waals surface area contributed by atoms with E-state index in [0.717, 1.165) is 0 Å². The normalized spacial score (nSPS) is 13.2. The quantitative estimate of drug-likeness (QED) is 0.0732. The first-order valence-electron chi connectivity index (χ1n) is 18.3. The van der Waals surface area contributed by atoms with Crippen molar-refractivity contribution in [3.63, 3.8) is 0 Å². The van der Waals surface area contributed by atoms with Crippen molar-refractivity contribution in [2.24, 2.45) is 0 Å². The van der Waals surface area contributed by atoms with Crippen molar-refractivity contribution in [3.05, 3.63) is 18.2 Å². The molecule has 2 unspecified atom stereocenters. The van der Waals surface area contributed by atoms with E-state index in [1.165, 1.54) is 186 Å². The summed E-state index contributed by atoms with van der Waals surface area (Å²) in [5, 5.41) is 0. The van der Waals surface area contributed by atoms with E-state index in [1.54, 1.807) is 0 Å². The molecule has 0 aliphatic carbocycles. The highest BCUT2D eigenvalue weighted by Crippen LogP contribution is 2.26. The molecular weight excluding hydrogens is 472 g/mol. The second-order valence-corrected chi connectivity index (χ2v) is 12.9. The smallest absolute Gasteiger partial charge is 0.247 e. The van der Waals surface area contributed by atoms with E-state index in [0.29, 0.717) is 12.0 Å². The molecule has 1 aromatic heterocycles. The molecule has 0 radical (unpaired) electrons. The highest BCUT2D eigenvalue weighted by atomic mass is 15.1. The van der Waals surface area contributed by atoms with Gasteiger partial charge in [-0.15, -0.1) is 0 Å². The molecule has 2 nitrogen and oxygen atoms in total. The van der Waals surface area contributed by atoms with Crippen LogP contribution in [0.2, 0.25) is 0 Å². The van der Waals surface area contributed by atoms with Crippen LogP contribution in [0.3, 0.4) is 0 Å². The Bertz CT molecular complexity index is 606. The Morgan fingerprint density at radius 1 is 0.487 bits per heavy atom. The minimum absolute atomic E-state index is 0.622. The summed E-state index contributed by atoms with van der Waals surface area (Å²) in [6.07, 6.45) is 44.3. The lowest BCUT2D eigenvalue weighted by atomic mass is 9.93. The van der Waals surface area contributed by atoms with Crippen molar-refractivity contribution in [2.75, 3.05) is 0 Å². The van der Waals surface area contributed by atoms with E-state index in [1.807, 2.05) is 0 Å². The summed E-state index contributed by atoms with van der Waals surface area (Å²) < 4.78 is 2.60. The van der Waals surface area contributed by atoms with Crippen LogP contribution in [-0.2, 0) is 0 Å². The zero-order chi connectivity index (χ0) is 28.2. The summed E-state index contributed by atoms with van der Waals surface area (Å²) in [6, 6.07) is 0.622. The van der Waals surface area contributed by atoms with Gasteiger partial charge in [0.1, 0.15) is 12.4 Å². The number of nitrogens with one attached hydrogen (secondary N) is 1. The van der Waals surface area contributed by atoms with Gasteiger partial charge in [-0.2, -0.15) is 0 Å². The van der Waals surface area contributed by atoms with Crippen LogP contribution in [0.25, 0.3) is 0 Å². The summed E-state index contributed by atoms with van der Waals surface area (Å²) >= 11 is 0. The molecule has 0 spiro atoms.